The van der Waals surface area contributed by atoms with E-state index in [1.165, 1.54) is 26.0 Å². The molecular formula is C30H36ClNO9. The Kier molecular flexibility index (Phi) is 10.8. The molecule has 0 N–H and O–H groups in total. The first-order valence-electron chi connectivity index (χ1n) is 13.2. The number of ketones is 1. The Morgan fingerprint density at radius 1 is 1.05 bits per heavy atom. The molecule has 1 amide bonds. The molecular weight excluding hydrogens is 554 g/mol. The van der Waals surface area contributed by atoms with E-state index in [1.54, 1.807) is 43.3 Å². The van der Waals surface area contributed by atoms with Crippen molar-refractivity contribution in [1.29, 1.82) is 0 Å². The van der Waals surface area contributed by atoms with Crippen molar-refractivity contribution in [3.8, 4) is 11.5 Å². The maximum absolute atomic E-state index is 14.1. The minimum atomic E-state index is -1.27. The van der Waals surface area contributed by atoms with E-state index in [-0.39, 0.29) is 26.2 Å². The standard InChI is InChI=1S/C30H36ClNO9/c1-7-39-26(35)15-20(34)14-25-29(36)32(16-30(3,4)17-40-18(2)33)23-12-11-19(31)13-22(23)27(41-25)21-9-8-10-24(37-5)28(21)38-6/h8-13,25,27H,7,14-17H2,1-6H3. The summed E-state index contributed by atoms with van der Waals surface area (Å²) >= 11 is 6.45. The van der Waals surface area contributed by atoms with Crippen molar-refractivity contribution >= 4 is 40.9 Å². The summed E-state index contributed by atoms with van der Waals surface area (Å²) in [5.41, 5.74) is 0.934. The van der Waals surface area contributed by atoms with Crippen molar-refractivity contribution in [2.24, 2.45) is 5.41 Å². The number of nitrogens with zero attached hydrogens (tertiary/aromatic N) is 1. The van der Waals surface area contributed by atoms with Crippen LogP contribution >= 0.6 is 11.6 Å². The van der Waals surface area contributed by atoms with E-state index in [0.717, 1.165) is 0 Å². The number of ether oxygens (including phenoxy) is 5. The highest BCUT2D eigenvalue weighted by atomic mass is 35.5. The lowest BCUT2D eigenvalue weighted by Crippen LogP contribution is -2.46. The highest BCUT2D eigenvalue weighted by Gasteiger charge is 2.41. The largest absolute Gasteiger partial charge is 0.493 e. The molecule has 2 unspecified atom stereocenters. The molecule has 11 heteroatoms. The molecule has 1 heterocycles. The van der Waals surface area contributed by atoms with E-state index in [0.29, 0.717) is 33.3 Å². The highest BCUT2D eigenvalue weighted by Crippen LogP contribution is 2.45. The van der Waals surface area contributed by atoms with Crippen LogP contribution in [0.2, 0.25) is 5.02 Å². The summed E-state index contributed by atoms with van der Waals surface area (Å²) in [5.74, 6) is -1.30. The van der Waals surface area contributed by atoms with Gasteiger partial charge in [-0.2, -0.15) is 0 Å². The van der Waals surface area contributed by atoms with Crippen LogP contribution in [-0.4, -0.2) is 63.7 Å². The van der Waals surface area contributed by atoms with Gasteiger partial charge in [-0.25, -0.2) is 0 Å². The number of para-hydroxylation sites is 1. The third-order valence-corrected chi connectivity index (χ3v) is 6.67. The summed E-state index contributed by atoms with van der Waals surface area (Å²) in [6.45, 7) is 6.98. The number of hydrogen-bond acceptors (Lipinski definition) is 9. The van der Waals surface area contributed by atoms with Crippen LogP contribution in [0.25, 0.3) is 0 Å². The van der Waals surface area contributed by atoms with Gasteiger partial charge in [-0.3, -0.25) is 19.2 Å². The Hall–Kier alpha value is -3.63. The molecule has 0 aliphatic carbocycles. The van der Waals surface area contributed by atoms with Crippen LogP contribution in [0.5, 0.6) is 11.5 Å². The highest BCUT2D eigenvalue weighted by molar-refractivity contribution is 6.30. The minimum Gasteiger partial charge on any atom is -0.493 e. The van der Waals surface area contributed by atoms with Crippen molar-refractivity contribution < 1.29 is 42.9 Å². The van der Waals surface area contributed by atoms with Gasteiger partial charge in [-0.1, -0.05) is 37.6 Å². The zero-order valence-electron chi connectivity index (χ0n) is 24.2. The number of amides is 1. The first-order chi connectivity index (χ1) is 19.4. The number of anilines is 1. The van der Waals surface area contributed by atoms with E-state index in [4.69, 9.17) is 35.3 Å². The maximum Gasteiger partial charge on any atom is 0.313 e. The monoisotopic (exact) mass is 589 g/mol. The smallest absolute Gasteiger partial charge is 0.313 e. The summed E-state index contributed by atoms with van der Waals surface area (Å²) in [4.78, 5) is 52.1. The van der Waals surface area contributed by atoms with Crippen molar-refractivity contribution in [2.75, 3.05) is 38.9 Å². The van der Waals surface area contributed by atoms with Crippen molar-refractivity contribution in [2.45, 2.75) is 52.7 Å². The van der Waals surface area contributed by atoms with Gasteiger partial charge in [0.05, 0.1) is 27.4 Å². The number of Topliss-reactive ketones (excluding diaryl/α,β-unsaturated/α-hetero) is 1. The first kappa shape index (κ1) is 31.9. The first-order valence-corrected chi connectivity index (χ1v) is 13.6. The molecule has 41 heavy (non-hydrogen) atoms. The molecule has 222 valence electrons. The number of carbonyl (C=O) groups excluding carboxylic acids is 4. The summed E-state index contributed by atoms with van der Waals surface area (Å²) in [7, 11) is 3.00. The lowest BCUT2D eigenvalue weighted by atomic mass is 9.92. The number of fused-ring (bicyclic) bond motifs is 1. The molecule has 0 saturated carbocycles. The van der Waals surface area contributed by atoms with Crippen LogP contribution < -0.4 is 14.4 Å². The molecule has 0 spiro atoms. The van der Waals surface area contributed by atoms with Gasteiger partial charge in [0.1, 0.15) is 24.4 Å². The van der Waals surface area contributed by atoms with Gasteiger partial charge in [-0.05, 0) is 31.2 Å². The van der Waals surface area contributed by atoms with Crippen LogP contribution in [0.15, 0.2) is 36.4 Å². The van der Waals surface area contributed by atoms with E-state index in [2.05, 4.69) is 0 Å². The third kappa shape index (κ3) is 7.98. The number of methoxy groups -OCH3 is 2. The fourth-order valence-electron chi connectivity index (χ4n) is 4.65. The van der Waals surface area contributed by atoms with Crippen molar-refractivity contribution in [1.82, 2.24) is 0 Å². The predicted octanol–water partition coefficient (Wildman–Crippen LogP) is 4.68. The van der Waals surface area contributed by atoms with E-state index in [1.807, 2.05) is 13.8 Å². The number of hydrogen-bond donors (Lipinski definition) is 0. The Bertz CT molecular complexity index is 1290. The fraction of sp³-hybridized carbons (Fsp3) is 0.467. The Morgan fingerprint density at radius 2 is 1.78 bits per heavy atom. The lowest BCUT2D eigenvalue weighted by Gasteiger charge is -2.33. The molecule has 10 nitrogen and oxygen atoms in total. The van der Waals surface area contributed by atoms with E-state index >= 15 is 0 Å². The molecule has 1 aliphatic heterocycles. The van der Waals surface area contributed by atoms with Gasteiger partial charge >= 0.3 is 11.9 Å². The molecule has 0 fully saturated rings. The second-order valence-corrected chi connectivity index (χ2v) is 10.8. The molecule has 2 aromatic rings. The molecule has 2 atom stereocenters. The van der Waals surface area contributed by atoms with Crippen LogP contribution in [0.1, 0.15) is 57.8 Å². The van der Waals surface area contributed by atoms with Crippen LogP contribution in [-0.2, 0) is 33.4 Å². The lowest BCUT2D eigenvalue weighted by molar-refractivity contribution is -0.148. The molecule has 0 aromatic heterocycles. The molecule has 0 bridgehead atoms. The zero-order chi connectivity index (χ0) is 30.3. The topological polar surface area (TPSA) is 118 Å². The third-order valence-electron chi connectivity index (χ3n) is 6.43. The summed E-state index contributed by atoms with van der Waals surface area (Å²) in [6, 6.07) is 10.3. The summed E-state index contributed by atoms with van der Waals surface area (Å²) < 4.78 is 27.8. The second-order valence-electron chi connectivity index (χ2n) is 10.4. The number of rotatable bonds is 12. The Morgan fingerprint density at radius 3 is 2.41 bits per heavy atom. The quantitative estimate of drug-likeness (QED) is 0.257. The van der Waals surface area contributed by atoms with Crippen LogP contribution in [0.3, 0.4) is 0 Å². The maximum atomic E-state index is 14.1. The number of benzene rings is 2. The van der Waals surface area contributed by atoms with E-state index < -0.39 is 47.7 Å². The Balaban J connectivity index is 2.16. The van der Waals surface area contributed by atoms with Gasteiger partial charge in [0.15, 0.2) is 11.5 Å². The number of esters is 2. The molecule has 1 aliphatic rings. The van der Waals surface area contributed by atoms with Crippen molar-refractivity contribution in [3.63, 3.8) is 0 Å². The average molecular weight is 590 g/mol. The molecule has 2 aromatic carbocycles. The van der Waals surface area contributed by atoms with Gasteiger partial charge in [0.25, 0.3) is 5.91 Å². The minimum absolute atomic E-state index is 0.0511. The van der Waals surface area contributed by atoms with E-state index in [9.17, 15) is 19.2 Å². The normalized spacial score (nSPS) is 16.9. The number of halogens is 1. The summed E-state index contributed by atoms with van der Waals surface area (Å²) in [6.07, 6.45) is -3.04. The summed E-state index contributed by atoms with van der Waals surface area (Å²) in [5, 5.41) is 0.405. The zero-order valence-corrected chi connectivity index (χ0v) is 24.9. The second kappa shape index (κ2) is 13.8. The molecule has 3 rings (SSSR count). The molecule has 0 radical (unpaired) electrons. The predicted molar refractivity (Wildman–Crippen MR) is 151 cm³/mol. The fourth-order valence-corrected chi connectivity index (χ4v) is 4.83. The van der Waals surface area contributed by atoms with Gasteiger partial charge < -0.3 is 28.6 Å². The SMILES string of the molecule is CCOC(=O)CC(=O)CC1OC(c2cccc(OC)c2OC)c2cc(Cl)ccc2N(CC(C)(C)COC(C)=O)C1=O. The van der Waals surface area contributed by atoms with Gasteiger partial charge in [0.2, 0.25) is 0 Å². The average Bonchev–Trinajstić information content (AvgIpc) is 3.01. The number of carbonyl (C=O) groups is 4. The van der Waals surface area contributed by atoms with Crippen LogP contribution in [0.4, 0.5) is 5.69 Å². The van der Waals surface area contributed by atoms with Crippen LogP contribution in [0, 0.1) is 5.41 Å². The van der Waals surface area contributed by atoms with Gasteiger partial charge in [0, 0.05) is 47.1 Å². The van der Waals surface area contributed by atoms with Crippen molar-refractivity contribution in [3.05, 3.63) is 52.5 Å². The van der Waals surface area contributed by atoms with Gasteiger partial charge in [-0.15, -0.1) is 0 Å². The Labute approximate surface area is 244 Å². The molecule has 0 saturated heterocycles.